The number of pyridine rings is 1. The molecule has 4 N–H and O–H groups in total. The summed E-state index contributed by atoms with van der Waals surface area (Å²) < 4.78 is 51.2. The second kappa shape index (κ2) is 11.4. The summed E-state index contributed by atoms with van der Waals surface area (Å²) in [7, 11) is 0. The van der Waals surface area contributed by atoms with E-state index in [2.05, 4.69) is 20.6 Å². The van der Waals surface area contributed by atoms with E-state index in [1.165, 1.54) is 0 Å². The van der Waals surface area contributed by atoms with Crippen LogP contribution < -0.4 is 15.5 Å². The number of amides is 1. The number of para-hydroxylation sites is 1. The number of benzene rings is 2. The molecule has 2 unspecified atom stereocenters. The maximum Gasteiger partial charge on any atom is 0.417 e. The molecule has 212 valence electrons. The number of amidine groups is 1. The Hall–Kier alpha value is -4.78. The first-order valence-electron chi connectivity index (χ1n) is 12.7. The normalized spacial score (nSPS) is 18.9. The number of aromatic nitrogens is 1. The molecule has 0 spiro atoms. The molecule has 1 aromatic heterocycles. The van der Waals surface area contributed by atoms with Crippen molar-refractivity contribution < 1.29 is 27.4 Å². The number of alkyl halides is 3. The van der Waals surface area contributed by atoms with Crippen LogP contribution in [0.15, 0.2) is 71.9 Å². The highest BCUT2D eigenvalue weighted by atomic mass is 19.4. The van der Waals surface area contributed by atoms with Crippen molar-refractivity contribution >= 4 is 34.9 Å². The van der Waals surface area contributed by atoms with E-state index in [4.69, 9.17) is 20.3 Å². The van der Waals surface area contributed by atoms with Gasteiger partial charge < -0.3 is 25.0 Å². The van der Waals surface area contributed by atoms with E-state index >= 15 is 0 Å². The summed E-state index contributed by atoms with van der Waals surface area (Å²) in [5.41, 5.74) is 1.30. The number of halogens is 3. The van der Waals surface area contributed by atoms with Crippen molar-refractivity contribution in [1.82, 2.24) is 10.3 Å². The fourth-order valence-electron chi connectivity index (χ4n) is 4.57. The van der Waals surface area contributed by atoms with Crippen LogP contribution in [0, 0.1) is 10.8 Å². The molecule has 1 saturated heterocycles. The van der Waals surface area contributed by atoms with Crippen molar-refractivity contribution in [3.8, 4) is 0 Å². The van der Waals surface area contributed by atoms with Gasteiger partial charge >= 0.3 is 6.18 Å². The SMILES string of the molecule is CC1COCCN1c1cc(C(F)(F)F)cnc1C(=N)OC(=N)NC1N=C(c2ccccc2)c2ccccc2NC1=O. The third-order valence-electron chi connectivity index (χ3n) is 6.55. The first-order chi connectivity index (χ1) is 19.6. The molecule has 2 aromatic carbocycles. The van der Waals surface area contributed by atoms with Crippen LogP contribution in [0.1, 0.15) is 29.3 Å². The number of carbonyl (C=O) groups is 1. The minimum atomic E-state index is -4.65. The fourth-order valence-corrected chi connectivity index (χ4v) is 4.57. The molecule has 1 fully saturated rings. The highest BCUT2D eigenvalue weighted by Gasteiger charge is 2.34. The van der Waals surface area contributed by atoms with Crippen LogP contribution in [-0.4, -0.2) is 60.5 Å². The minimum Gasteiger partial charge on any atom is -0.405 e. The average molecular weight is 566 g/mol. The van der Waals surface area contributed by atoms with E-state index in [1.807, 2.05) is 42.5 Å². The predicted molar refractivity (Wildman–Crippen MR) is 147 cm³/mol. The van der Waals surface area contributed by atoms with Crippen LogP contribution in [0.25, 0.3) is 0 Å². The molecule has 0 saturated carbocycles. The third kappa shape index (κ3) is 6.04. The molecule has 2 aliphatic heterocycles. The van der Waals surface area contributed by atoms with Crippen LogP contribution in [0.3, 0.4) is 0 Å². The lowest BCUT2D eigenvalue weighted by Gasteiger charge is -2.36. The quantitative estimate of drug-likeness (QED) is 0.279. The van der Waals surface area contributed by atoms with E-state index in [0.717, 1.165) is 11.6 Å². The van der Waals surface area contributed by atoms with Crippen LogP contribution in [0.2, 0.25) is 0 Å². The smallest absolute Gasteiger partial charge is 0.405 e. The van der Waals surface area contributed by atoms with Gasteiger partial charge in [0.2, 0.25) is 12.1 Å². The largest absolute Gasteiger partial charge is 0.417 e. The van der Waals surface area contributed by atoms with Crippen molar-refractivity contribution in [3.63, 3.8) is 0 Å². The number of aliphatic imine (C=N–C) groups is 1. The van der Waals surface area contributed by atoms with E-state index in [9.17, 15) is 18.0 Å². The molecule has 2 atom stereocenters. The number of nitrogens with one attached hydrogen (secondary N) is 4. The monoisotopic (exact) mass is 565 g/mol. The molecule has 1 amide bonds. The first-order valence-corrected chi connectivity index (χ1v) is 12.7. The summed E-state index contributed by atoms with van der Waals surface area (Å²) in [4.78, 5) is 23.2. The molecular weight excluding hydrogens is 539 g/mol. The summed E-state index contributed by atoms with van der Waals surface area (Å²) in [6.45, 7) is 2.62. The van der Waals surface area contributed by atoms with Gasteiger partial charge in [-0.2, -0.15) is 13.2 Å². The van der Waals surface area contributed by atoms with E-state index in [0.29, 0.717) is 23.2 Å². The molecule has 41 heavy (non-hydrogen) atoms. The fraction of sp³-hybridized carbons (Fsp3) is 0.250. The Bertz CT molecular complexity index is 1510. The lowest BCUT2D eigenvalue weighted by atomic mass is 10.0. The number of anilines is 2. The van der Waals surface area contributed by atoms with Crippen molar-refractivity contribution in [2.24, 2.45) is 4.99 Å². The zero-order valence-electron chi connectivity index (χ0n) is 21.8. The molecular formula is C28H26F3N7O3. The third-order valence-corrected chi connectivity index (χ3v) is 6.55. The highest BCUT2D eigenvalue weighted by molar-refractivity contribution is 6.19. The first kappa shape index (κ1) is 27.8. The molecule has 13 heteroatoms. The molecule has 3 aromatic rings. The molecule has 0 aliphatic carbocycles. The number of fused-ring (bicyclic) bond motifs is 1. The Morgan fingerprint density at radius 2 is 1.88 bits per heavy atom. The Morgan fingerprint density at radius 3 is 2.61 bits per heavy atom. The Balaban J connectivity index is 1.41. The molecule has 3 heterocycles. The van der Waals surface area contributed by atoms with Crippen LogP contribution in [0.5, 0.6) is 0 Å². The zero-order chi connectivity index (χ0) is 29.1. The van der Waals surface area contributed by atoms with Gasteiger partial charge in [0, 0.05) is 29.9 Å². The predicted octanol–water partition coefficient (Wildman–Crippen LogP) is 4.01. The van der Waals surface area contributed by atoms with Crippen molar-refractivity contribution in [1.29, 1.82) is 10.8 Å². The number of carbonyl (C=O) groups excluding carboxylic acids is 1. The van der Waals surface area contributed by atoms with Gasteiger partial charge in [-0.3, -0.25) is 15.6 Å². The maximum absolute atomic E-state index is 13.5. The molecule has 0 bridgehead atoms. The van der Waals surface area contributed by atoms with Gasteiger partial charge in [0.05, 0.1) is 35.9 Å². The van der Waals surface area contributed by atoms with Crippen molar-refractivity contribution in [3.05, 3.63) is 89.2 Å². The summed E-state index contributed by atoms with van der Waals surface area (Å²) in [6.07, 6.45) is -5.34. The number of benzodiazepines with no additional fused rings is 1. The Morgan fingerprint density at radius 1 is 1.15 bits per heavy atom. The van der Waals surface area contributed by atoms with Crippen molar-refractivity contribution in [2.75, 3.05) is 30.0 Å². The van der Waals surface area contributed by atoms with E-state index in [-0.39, 0.29) is 37.2 Å². The molecule has 10 nitrogen and oxygen atoms in total. The number of hydrogen-bond donors (Lipinski definition) is 4. The summed E-state index contributed by atoms with van der Waals surface area (Å²) >= 11 is 0. The standard InChI is InChI=1S/C28H26F3N7O3/c1-16-15-40-12-11-38(16)21-13-18(28(29,30)31)14-34-23(21)24(32)41-27(33)37-25-26(39)35-20-10-6-5-9-19(20)22(36-25)17-7-3-2-4-8-17/h2-10,13-14,16,25,32H,11-12,15H2,1H3,(H2,33,37)(H,35,39). The molecule has 0 radical (unpaired) electrons. The van der Waals surface area contributed by atoms with Gasteiger partial charge in [-0.1, -0.05) is 48.5 Å². The summed E-state index contributed by atoms with van der Waals surface area (Å²) in [6, 6.07) is 16.2. The van der Waals surface area contributed by atoms with Gasteiger partial charge in [-0.15, -0.1) is 0 Å². The van der Waals surface area contributed by atoms with Gasteiger partial charge in [0.25, 0.3) is 11.9 Å². The molecule has 2 aliphatic rings. The van der Waals surface area contributed by atoms with Gasteiger partial charge in [-0.05, 0) is 19.1 Å². The summed E-state index contributed by atoms with van der Waals surface area (Å²) in [5.74, 6) is -1.24. The second-order valence-corrected chi connectivity index (χ2v) is 9.39. The number of nitrogens with zero attached hydrogens (tertiary/aromatic N) is 3. The average Bonchev–Trinajstić information content (AvgIpc) is 3.09. The Labute approximate surface area is 233 Å². The van der Waals surface area contributed by atoms with E-state index in [1.54, 1.807) is 24.0 Å². The van der Waals surface area contributed by atoms with Crippen LogP contribution in [0.4, 0.5) is 24.5 Å². The maximum atomic E-state index is 13.5. The Kier molecular flexibility index (Phi) is 7.70. The van der Waals surface area contributed by atoms with Gasteiger partial charge in [-0.25, -0.2) is 9.98 Å². The van der Waals surface area contributed by atoms with E-state index < -0.39 is 35.7 Å². The number of morpholine rings is 1. The van der Waals surface area contributed by atoms with Gasteiger partial charge in [0.1, 0.15) is 5.69 Å². The van der Waals surface area contributed by atoms with Crippen LogP contribution in [-0.2, 0) is 20.4 Å². The summed E-state index contributed by atoms with van der Waals surface area (Å²) in [5, 5.41) is 22.1. The minimum absolute atomic E-state index is 0.0282. The topological polar surface area (TPSA) is 136 Å². The molecule has 5 rings (SSSR count). The number of ether oxygens (including phenoxy) is 2. The highest BCUT2D eigenvalue weighted by Crippen LogP contribution is 2.34. The second-order valence-electron chi connectivity index (χ2n) is 9.39. The number of rotatable bonds is 4. The lowest BCUT2D eigenvalue weighted by molar-refractivity contribution is -0.137. The van der Waals surface area contributed by atoms with Crippen LogP contribution >= 0.6 is 0 Å². The number of hydrogen-bond acceptors (Lipinski definition) is 8. The van der Waals surface area contributed by atoms with Crippen molar-refractivity contribution in [2.45, 2.75) is 25.3 Å². The lowest BCUT2D eigenvalue weighted by Crippen LogP contribution is -2.45. The zero-order valence-corrected chi connectivity index (χ0v) is 21.8. The van der Waals surface area contributed by atoms with Gasteiger partial charge in [0.15, 0.2) is 0 Å².